The first kappa shape index (κ1) is 15.4. The van der Waals surface area contributed by atoms with Crippen molar-refractivity contribution in [1.82, 2.24) is 10.6 Å². The maximum Gasteiger partial charge on any atom is 0.233 e. The molecule has 0 aliphatic heterocycles. The molecule has 0 aromatic rings. The van der Waals surface area contributed by atoms with Crippen LogP contribution in [0.1, 0.15) is 46.0 Å². The summed E-state index contributed by atoms with van der Waals surface area (Å²) in [4.78, 5) is 11.4. The topological polar surface area (TPSA) is 61.4 Å². The highest BCUT2D eigenvalue weighted by Gasteiger charge is 2.18. The normalized spacial score (nSPS) is 18.2. The van der Waals surface area contributed by atoms with E-state index in [1.165, 1.54) is 25.7 Å². The molecule has 1 amide bonds. The lowest BCUT2D eigenvalue weighted by atomic mass is 10.0. The second-order valence-corrected chi connectivity index (χ2v) is 5.87. The first-order valence-electron chi connectivity index (χ1n) is 7.23. The highest BCUT2D eigenvalue weighted by molar-refractivity contribution is 5.77. The van der Waals surface area contributed by atoms with Crippen LogP contribution in [-0.2, 0) is 4.79 Å². The molecule has 1 fully saturated rings. The minimum Gasteiger partial charge on any atom is -0.392 e. The molecular formula is C14H28N2O2. The molecule has 0 radical (unpaired) electrons. The summed E-state index contributed by atoms with van der Waals surface area (Å²) in [5.41, 5.74) is 0. The lowest BCUT2D eigenvalue weighted by molar-refractivity contribution is -0.120. The molecule has 18 heavy (non-hydrogen) atoms. The molecule has 1 aliphatic rings. The van der Waals surface area contributed by atoms with Crippen LogP contribution in [-0.4, -0.2) is 36.8 Å². The van der Waals surface area contributed by atoms with E-state index in [1.807, 2.05) is 0 Å². The number of rotatable bonds is 8. The maximum absolute atomic E-state index is 11.4. The van der Waals surface area contributed by atoms with Crippen LogP contribution < -0.4 is 10.6 Å². The van der Waals surface area contributed by atoms with Crippen molar-refractivity contribution in [2.45, 2.75) is 52.1 Å². The van der Waals surface area contributed by atoms with Crippen LogP contribution in [0.4, 0.5) is 0 Å². The van der Waals surface area contributed by atoms with Crippen LogP contribution in [0.2, 0.25) is 0 Å². The summed E-state index contributed by atoms with van der Waals surface area (Å²) in [6, 6.07) is 0. The van der Waals surface area contributed by atoms with Crippen molar-refractivity contribution < 1.29 is 9.90 Å². The Hall–Kier alpha value is -0.610. The number of amides is 1. The summed E-state index contributed by atoms with van der Waals surface area (Å²) < 4.78 is 0. The van der Waals surface area contributed by atoms with Gasteiger partial charge in [-0.1, -0.05) is 39.5 Å². The van der Waals surface area contributed by atoms with Gasteiger partial charge >= 0.3 is 0 Å². The van der Waals surface area contributed by atoms with Gasteiger partial charge in [-0.2, -0.15) is 0 Å². The molecule has 3 N–H and O–H groups in total. The van der Waals surface area contributed by atoms with Gasteiger partial charge in [0.05, 0.1) is 12.6 Å². The fourth-order valence-corrected chi connectivity index (χ4v) is 2.45. The predicted molar refractivity (Wildman–Crippen MR) is 73.3 cm³/mol. The fourth-order valence-electron chi connectivity index (χ4n) is 2.45. The number of nitrogens with one attached hydrogen (secondary N) is 2. The van der Waals surface area contributed by atoms with Gasteiger partial charge in [0, 0.05) is 13.1 Å². The van der Waals surface area contributed by atoms with E-state index in [9.17, 15) is 9.90 Å². The van der Waals surface area contributed by atoms with Gasteiger partial charge < -0.3 is 15.7 Å². The van der Waals surface area contributed by atoms with Gasteiger partial charge in [0.1, 0.15) is 0 Å². The minimum absolute atomic E-state index is 0.0109. The zero-order valence-corrected chi connectivity index (χ0v) is 11.7. The van der Waals surface area contributed by atoms with Crippen molar-refractivity contribution in [1.29, 1.82) is 0 Å². The van der Waals surface area contributed by atoms with Crippen LogP contribution in [0.25, 0.3) is 0 Å². The predicted octanol–water partition coefficient (Wildman–Crippen LogP) is 1.29. The van der Waals surface area contributed by atoms with Crippen LogP contribution >= 0.6 is 0 Å². The Bertz CT molecular complexity index is 238. The number of aliphatic hydroxyl groups is 1. The fraction of sp³-hybridized carbons (Fsp3) is 0.929. The van der Waals surface area contributed by atoms with E-state index in [0.717, 1.165) is 6.42 Å². The van der Waals surface area contributed by atoms with Crippen molar-refractivity contribution in [2.75, 3.05) is 19.6 Å². The Morgan fingerprint density at radius 3 is 2.56 bits per heavy atom. The Morgan fingerprint density at radius 1 is 1.28 bits per heavy atom. The van der Waals surface area contributed by atoms with Crippen LogP contribution in [0.3, 0.4) is 0 Å². The number of aliphatic hydroxyl groups excluding tert-OH is 1. The Balaban J connectivity index is 2.00. The van der Waals surface area contributed by atoms with Crippen LogP contribution in [0.15, 0.2) is 0 Å². The van der Waals surface area contributed by atoms with Gasteiger partial charge in [-0.05, 0) is 18.3 Å². The summed E-state index contributed by atoms with van der Waals surface area (Å²) >= 11 is 0. The largest absolute Gasteiger partial charge is 0.392 e. The highest BCUT2D eigenvalue weighted by atomic mass is 16.3. The van der Waals surface area contributed by atoms with E-state index < -0.39 is 0 Å². The third-order valence-corrected chi connectivity index (χ3v) is 3.45. The molecular weight excluding hydrogens is 228 g/mol. The van der Waals surface area contributed by atoms with Crippen molar-refractivity contribution >= 4 is 5.91 Å². The van der Waals surface area contributed by atoms with Crippen molar-refractivity contribution in [2.24, 2.45) is 11.8 Å². The third kappa shape index (κ3) is 6.97. The Kier molecular flexibility index (Phi) is 7.28. The molecule has 1 saturated carbocycles. The average molecular weight is 256 g/mol. The number of carbonyl (C=O) groups is 1. The average Bonchev–Trinajstić information content (AvgIpc) is 2.79. The number of hydrogen-bond acceptors (Lipinski definition) is 3. The number of carbonyl (C=O) groups excluding carboxylic acids is 1. The van der Waals surface area contributed by atoms with Gasteiger partial charge in [-0.25, -0.2) is 0 Å². The summed E-state index contributed by atoms with van der Waals surface area (Å²) in [6.07, 6.45) is 5.69. The zero-order chi connectivity index (χ0) is 13.4. The van der Waals surface area contributed by atoms with E-state index in [1.54, 1.807) is 0 Å². The standard InChI is InChI=1S/C14H28N2O2/c1-11(2)8-16-14(18)10-15-9-13(17)7-12-5-3-4-6-12/h11-13,15,17H,3-10H2,1-2H3,(H,16,18). The second-order valence-electron chi connectivity index (χ2n) is 5.87. The monoisotopic (exact) mass is 256 g/mol. The van der Waals surface area contributed by atoms with E-state index in [-0.39, 0.29) is 12.0 Å². The molecule has 1 unspecified atom stereocenters. The summed E-state index contributed by atoms with van der Waals surface area (Å²) in [6.45, 7) is 5.67. The van der Waals surface area contributed by atoms with Crippen molar-refractivity contribution in [3.8, 4) is 0 Å². The highest BCUT2D eigenvalue weighted by Crippen LogP contribution is 2.28. The molecule has 0 heterocycles. The molecule has 1 atom stereocenters. The van der Waals surface area contributed by atoms with Crippen molar-refractivity contribution in [3.05, 3.63) is 0 Å². The summed E-state index contributed by atoms with van der Waals surface area (Å²) in [7, 11) is 0. The van der Waals surface area contributed by atoms with E-state index in [0.29, 0.717) is 31.5 Å². The molecule has 0 aromatic carbocycles. The molecule has 0 saturated heterocycles. The first-order chi connectivity index (χ1) is 8.58. The van der Waals surface area contributed by atoms with Gasteiger partial charge in [-0.15, -0.1) is 0 Å². The quantitative estimate of drug-likeness (QED) is 0.613. The molecule has 1 aliphatic carbocycles. The van der Waals surface area contributed by atoms with E-state index in [2.05, 4.69) is 24.5 Å². The number of hydrogen-bond donors (Lipinski definition) is 3. The lowest BCUT2D eigenvalue weighted by Crippen LogP contribution is -2.38. The second kappa shape index (κ2) is 8.48. The van der Waals surface area contributed by atoms with Gasteiger partial charge in [0.2, 0.25) is 5.91 Å². The summed E-state index contributed by atoms with van der Waals surface area (Å²) in [5.74, 6) is 1.18. The lowest BCUT2D eigenvalue weighted by Gasteiger charge is -2.16. The molecule has 4 heteroatoms. The molecule has 0 spiro atoms. The zero-order valence-electron chi connectivity index (χ0n) is 11.7. The molecule has 1 rings (SSSR count). The molecule has 0 bridgehead atoms. The molecule has 106 valence electrons. The van der Waals surface area contributed by atoms with Crippen LogP contribution in [0.5, 0.6) is 0 Å². The first-order valence-corrected chi connectivity index (χ1v) is 7.23. The smallest absolute Gasteiger partial charge is 0.233 e. The maximum atomic E-state index is 11.4. The minimum atomic E-state index is -0.314. The third-order valence-electron chi connectivity index (χ3n) is 3.45. The van der Waals surface area contributed by atoms with Crippen molar-refractivity contribution in [3.63, 3.8) is 0 Å². The molecule has 4 nitrogen and oxygen atoms in total. The van der Waals surface area contributed by atoms with Gasteiger partial charge in [-0.3, -0.25) is 4.79 Å². The van der Waals surface area contributed by atoms with E-state index in [4.69, 9.17) is 0 Å². The van der Waals surface area contributed by atoms with Gasteiger partial charge in [0.15, 0.2) is 0 Å². The Morgan fingerprint density at radius 2 is 1.94 bits per heavy atom. The molecule has 0 aromatic heterocycles. The summed E-state index contributed by atoms with van der Waals surface area (Å²) in [5, 5.41) is 15.7. The van der Waals surface area contributed by atoms with Gasteiger partial charge in [0.25, 0.3) is 0 Å². The Labute approximate surface area is 111 Å². The van der Waals surface area contributed by atoms with Crippen LogP contribution in [0, 0.1) is 11.8 Å². The SMILES string of the molecule is CC(C)CNC(=O)CNCC(O)CC1CCCC1. The van der Waals surface area contributed by atoms with E-state index >= 15 is 0 Å².